The topological polar surface area (TPSA) is 60.9 Å². The van der Waals surface area contributed by atoms with Crippen LogP contribution in [0.25, 0.3) is 0 Å². The van der Waals surface area contributed by atoms with E-state index in [2.05, 4.69) is 0 Å². The van der Waals surface area contributed by atoms with Gasteiger partial charge in [0.15, 0.2) is 0 Å². The van der Waals surface area contributed by atoms with E-state index in [4.69, 9.17) is 0 Å². The summed E-state index contributed by atoms with van der Waals surface area (Å²) >= 11 is 1.61. The van der Waals surface area contributed by atoms with Gasteiger partial charge in [-0.3, -0.25) is 14.4 Å². The second-order valence-electron chi connectivity index (χ2n) is 6.82. The van der Waals surface area contributed by atoms with Crippen molar-refractivity contribution in [1.29, 1.82) is 0 Å². The van der Waals surface area contributed by atoms with Gasteiger partial charge in [-0.05, 0) is 25.7 Å². The number of likely N-dealkylation sites (N-methyl/N-ethyl adjacent to an activating group) is 1. The van der Waals surface area contributed by atoms with Crippen LogP contribution >= 0.6 is 11.8 Å². The van der Waals surface area contributed by atoms with Crippen LogP contribution in [0, 0.1) is 11.8 Å². The maximum absolute atomic E-state index is 12.8. The van der Waals surface area contributed by atoms with Gasteiger partial charge < -0.3 is 14.7 Å². The van der Waals surface area contributed by atoms with Gasteiger partial charge in [0.05, 0.1) is 11.8 Å². The minimum atomic E-state index is -0.370. The normalized spacial score (nSPS) is 27.7. The number of hydrogen-bond acceptors (Lipinski definition) is 4. The second kappa shape index (κ2) is 6.71. The Balaban J connectivity index is 1.62. The highest BCUT2D eigenvalue weighted by Crippen LogP contribution is 2.33. The summed E-state index contributed by atoms with van der Waals surface area (Å²) in [6.45, 7) is 3.90. The van der Waals surface area contributed by atoms with Crippen LogP contribution in [0.1, 0.15) is 26.2 Å². The molecule has 3 amide bonds. The Labute approximate surface area is 141 Å². The van der Waals surface area contributed by atoms with Gasteiger partial charge in [0.25, 0.3) is 0 Å². The molecule has 1 saturated carbocycles. The van der Waals surface area contributed by atoms with Crippen molar-refractivity contribution in [3.8, 4) is 0 Å². The number of amides is 3. The highest BCUT2D eigenvalue weighted by Gasteiger charge is 2.43. The minimum Gasteiger partial charge on any atom is -0.344 e. The zero-order valence-corrected chi connectivity index (χ0v) is 14.7. The molecule has 3 aliphatic rings. The summed E-state index contributed by atoms with van der Waals surface area (Å²) in [6.07, 6.45) is 2.70. The third kappa shape index (κ3) is 3.49. The molecule has 1 aliphatic carbocycles. The molecular formula is C16H25N3O3S. The average molecular weight is 339 g/mol. The van der Waals surface area contributed by atoms with Gasteiger partial charge in [-0.15, -0.1) is 11.8 Å². The fraction of sp³-hybridized carbons (Fsp3) is 0.812. The van der Waals surface area contributed by atoms with E-state index in [9.17, 15) is 14.4 Å². The Hall–Kier alpha value is -1.24. The molecule has 3 rings (SSSR count). The first-order chi connectivity index (χ1) is 11.0. The predicted octanol–water partition coefficient (Wildman–Crippen LogP) is 0.625. The SMILES string of the molecule is CCN(C)C(=O)[C@H]1CSCN1C(=O)[C@@H]1CC(=O)N(CC2CC2)C1. The zero-order chi connectivity index (χ0) is 16.6. The number of thioether (sulfide) groups is 1. The number of carbonyl (C=O) groups excluding carboxylic acids is 3. The lowest BCUT2D eigenvalue weighted by atomic mass is 10.1. The molecule has 2 heterocycles. The lowest BCUT2D eigenvalue weighted by Crippen LogP contribution is -2.49. The molecule has 0 radical (unpaired) electrons. The smallest absolute Gasteiger partial charge is 0.245 e. The van der Waals surface area contributed by atoms with Crippen LogP contribution in [-0.2, 0) is 14.4 Å². The summed E-state index contributed by atoms with van der Waals surface area (Å²) in [5, 5.41) is 0. The summed E-state index contributed by atoms with van der Waals surface area (Å²) in [5.41, 5.74) is 0. The maximum Gasteiger partial charge on any atom is 0.245 e. The van der Waals surface area contributed by atoms with Crippen molar-refractivity contribution in [3.05, 3.63) is 0 Å². The van der Waals surface area contributed by atoms with Crippen molar-refractivity contribution in [2.24, 2.45) is 11.8 Å². The Bertz CT molecular complexity index is 509. The number of likely N-dealkylation sites (tertiary alicyclic amines) is 1. The molecule has 0 aromatic heterocycles. The Morgan fingerprint density at radius 1 is 1.35 bits per heavy atom. The molecule has 0 aromatic rings. The first-order valence-corrected chi connectivity index (χ1v) is 9.57. The fourth-order valence-corrected chi connectivity index (χ4v) is 4.39. The fourth-order valence-electron chi connectivity index (χ4n) is 3.24. The Morgan fingerprint density at radius 2 is 2.09 bits per heavy atom. The molecule has 128 valence electrons. The quantitative estimate of drug-likeness (QED) is 0.737. The molecule has 0 spiro atoms. The Kier molecular flexibility index (Phi) is 4.85. The summed E-state index contributed by atoms with van der Waals surface area (Å²) in [4.78, 5) is 42.6. The van der Waals surface area contributed by atoms with E-state index in [1.165, 1.54) is 12.8 Å². The first-order valence-electron chi connectivity index (χ1n) is 8.42. The minimum absolute atomic E-state index is 0.00464. The van der Waals surface area contributed by atoms with Crippen molar-refractivity contribution < 1.29 is 14.4 Å². The molecule has 23 heavy (non-hydrogen) atoms. The molecule has 0 unspecified atom stereocenters. The monoisotopic (exact) mass is 339 g/mol. The predicted molar refractivity (Wildman–Crippen MR) is 88.7 cm³/mol. The van der Waals surface area contributed by atoms with E-state index in [1.54, 1.807) is 28.6 Å². The van der Waals surface area contributed by atoms with Crippen molar-refractivity contribution >= 4 is 29.5 Å². The third-order valence-electron chi connectivity index (χ3n) is 5.04. The molecule has 6 nitrogen and oxygen atoms in total. The lowest BCUT2D eigenvalue weighted by molar-refractivity contribution is -0.144. The molecule has 2 atom stereocenters. The van der Waals surface area contributed by atoms with Crippen LogP contribution in [0.5, 0.6) is 0 Å². The van der Waals surface area contributed by atoms with Gasteiger partial charge >= 0.3 is 0 Å². The van der Waals surface area contributed by atoms with Crippen LogP contribution in [-0.4, -0.2) is 76.8 Å². The van der Waals surface area contributed by atoms with Crippen LogP contribution in [0.3, 0.4) is 0 Å². The van der Waals surface area contributed by atoms with Crippen molar-refractivity contribution in [3.63, 3.8) is 0 Å². The van der Waals surface area contributed by atoms with Gasteiger partial charge in [0, 0.05) is 38.9 Å². The Morgan fingerprint density at radius 3 is 2.74 bits per heavy atom. The van der Waals surface area contributed by atoms with Crippen molar-refractivity contribution in [1.82, 2.24) is 14.7 Å². The highest BCUT2D eigenvalue weighted by atomic mass is 32.2. The summed E-state index contributed by atoms with van der Waals surface area (Å²) in [5.74, 6) is 1.65. The van der Waals surface area contributed by atoms with Gasteiger partial charge in [-0.2, -0.15) is 0 Å². The van der Waals surface area contributed by atoms with E-state index >= 15 is 0 Å². The number of hydrogen-bond donors (Lipinski definition) is 0. The van der Waals surface area contributed by atoms with E-state index in [1.807, 2.05) is 11.8 Å². The third-order valence-corrected chi connectivity index (χ3v) is 6.05. The summed E-state index contributed by atoms with van der Waals surface area (Å²) in [6, 6.07) is -0.370. The van der Waals surface area contributed by atoms with Gasteiger partial charge in [-0.25, -0.2) is 0 Å². The van der Waals surface area contributed by atoms with Crippen LogP contribution in [0.2, 0.25) is 0 Å². The molecule has 2 aliphatic heterocycles. The highest BCUT2D eigenvalue weighted by molar-refractivity contribution is 7.99. The van der Waals surface area contributed by atoms with Crippen molar-refractivity contribution in [2.75, 3.05) is 38.3 Å². The van der Waals surface area contributed by atoms with E-state index in [0.717, 1.165) is 6.54 Å². The molecule has 0 bridgehead atoms. The molecule has 3 fully saturated rings. The second-order valence-corrected chi connectivity index (χ2v) is 7.82. The lowest BCUT2D eigenvalue weighted by Gasteiger charge is -2.28. The molecule has 0 N–H and O–H groups in total. The zero-order valence-electron chi connectivity index (χ0n) is 13.9. The summed E-state index contributed by atoms with van der Waals surface area (Å²) < 4.78 is 0. The number of rotatable bonds is 5. The van der Waals surface area contributed by atoms with Crippen LogP contribution in [0.15, 0.2) is 0 Å². The summed E-state index contributed by atoms with van der Waals surface area (Å²) in [7, 11) is 1.77. The first kappa shape index (κ1) is 16.6. The largest absolute Gasteiger partial charge is 0.344 e. The average Bonchev–Trinajstić information content (AvgIpc) is 3.09. The van der Waals surface area contributed by atoms with Gasteiger partial charge in [0.2, 0.25) is 17.7 Å². The van der Waals surface area contributed by atoms with Gasteiger partial charge in [0.1, 0.15) is 6.04 Å². The van der Waals surface area contributed by atoms with Gasteiger partial charge in [-0.1, -0.05) is 0 Å². The van der Waals surface area contributed by atoms with E-state index < -0.39 is 0 Å². The standard InChI is InChI=1S/C16H25N3O3S/c1-3-17(2)16(22)13-9-23-10-19(13)15(21)12-6-14(20)18(8-12)7-11-4-5-11/h11-13H,3-10H2,1-2H3/t12-,13-/m1/s1. The molecule has 7 heteroatoms. The maximum atomic E-state index is 12.8. The number of carbonyl (C=O) groups is 3. The van der Waals surface area contributed by atoms with E-state index in [0.29, 0.717) is 37.1 Å². The van der Waals surface area contributed by atoms with Crippen molar-refractivity contribution in [2.45, 2.75) is 32.2 Å². The molecule has 0 aromatic carbocycles. The molecule has 2 saturated heterocycles. The van der Waals surface area contributed by atoms with Crippen LogP contribution in [0.4, 0.5) is 0 Å². The molecular weight excluding hydrogens is 314 g/mol. The number of nitrogens with zero attached hydrogens (tertiary/aromatic N) is 3. The van der Waals surface area contributed by atoms with E-state index in [-0.39, 0.29) is 29.7 Å². The van der Waals surface area contributed by atoms with Crippen LogP contribution < -0.4 is 0 Å².